The number of esters is 4. The summed E-state index contributed by atoms with van der Waals surface area (Å²) in [6, 6.07) is 31.3. The van der Waals surface area contributed by atoms with Crippen molar-refractivity contribution in [3.8, 4) is 0 Å². The molecular weight excluding hydrogens is 568 g/mol. The van der Waals surface area contributed by atoms with E-state index >= 15 is 0 Å². The van der Waals surface area contributed by atoms with E-state index < -0.39 is 60.5 Å². The Labute approximate surface area is 252 Å². The zero-order chi connectivity index (χ0) is 31.1. The van der Waals surface area contributed by atoms with Gasteiger partial charge in [-0.2, -0.15) is 0 Å². The van der Waals surface area contributed by atoms with Gasteiger partial charge in [0.1, 0.15) is 12.2 Å². The maximum absolute atomic E-state index is 13.3. The molecule has 0 aromatic heterocycles. The van der Waals surface area contributed by atoms with Gasteiger partial charge in [-0.05, 0) is 48.5 Å². The van der Waals surface area contributed by atoms with Crippen LogP contribution in [0.4, 0.5) is 0 Å². The highest BCUT2D eigenvalue weighted by molar-refractivity contribution is 5.92. The molecule has 6 atom stereocenters. The van der Waals surface area contributed by atoms with Gasteiger partial charge in [-0.1, -0.05) is 72.8 Å². The van der Waals surface area contributed by atoms with Crippen molar-refractivity contribution in [3.05, 3.63) is 144 Å². The second kappa shape index (κ2) is 13.8. The predicted molar refractivity (Wildman–Crippen MR) is 155 cm³/mol. The number of carbonyl (C=O) groups is 4. The molecule has 2 N–H and O–H groups in total. The Morgan fingerprint density at radius 3 is 0.795 bits per heavy atom. The quantitative estimate of drug-likeness (QED) is 0.228. The zero-order valence-electron chi connectivity index (χ0n) is 23.2. The van der Waals surface area contributed by atoms with Gasteiger partial charge < -0.3 is 29.2 Å². The normalized spacial score (nSPS) is 22.7. The third kappa shape index (κ3) is 6.83. The van der Waals surface area contributed by atoms with E-state index in [2.05, 4.69) is 0 Å². The lowest BCUT2D eigenvalue weighted by Crippen LogP contribution is -2.67. The Hall–Kier alpha value is -5.32. The summed E-state index contributed by atoms with van der Waals surface area (Å²) in [5.74, 6) is -3.63. The predicted octanol–water partition coefficient (Wildman–Crippen LogP) is 3.62. The second-order valence-corrected chi connectivity index (χ2v) is 9.92. The number of aliphatic hydroxyl groups is 2. The van der Waals surface area contributed by atoms with E-state index in [-0.39, 0.29) is 22.3 Å². The number of ether oxygens (including phenoxy) is 4. The molecule has 224 valence electrons. The fourth-order valence-corrected chi connectivity index (χ4v) is 4.76. The number of rotatable bonds is 8. The summed E-state index contributed by atoms with van der Waals surface area (Å²) in [4.78, 5) is 52.8. The monoisotopic (exact) mass is 596 g/mol. The number of hydrogen-bond donors (Lipinski definition) is 2. The summed E-state index contributed by atoms with van der Waals surface area (Å²) in [6.45, 7) is 0. The number of carbonyl (C=O) groups excluding carboxylic acids is 4. The molecule has 4 aromatic carbocycles. The van der Waals surface area contributed by atoms with Crippen LogP contribution >= 0.6 is 0 Å². The van der Waals surface area contributed by atoms with Crippen molar-refractivity contribution < 1.29 is 48.3 Å². The van der Waals surface area contributed by atoms with Gasteiger partial charge in [0.15, 0.2) is 24.4 Å². The topological polar surface area (TPSA) is 146 Å². The minimum atomic E-state index is -1.93. The van der Waals surface area contributed by atoms with Gasteiger partial charge in [0.2, 0.25) is 0 Å². The minimum absolute atomic E-state index is 0.104. The molecule has 0 heterocycles. The Morgan fingerprint density at radius 1 is 0.364 bits per heavy atom. The first-order valence-electron chi connectivity index (χ1n) is 13.7. The molecule has 4 aromatic rings. The van der Waals surface area contributed by atoms with Crippen LogP contribution in [-0.2, 0) is 18.9 Å². The van der Waals surface area contributed by atoms with Crippen LogP contribution in [0.5, 0.6) is 0 Å². The van der Waals surface area contributed by atoms with Gasteiger partial charge in [-0.25, -0.2) is 19.2 Å². The van der Waals surface area contributed by atoms with E-state index in [1.165, 1.54) is 48.5 Å². The SMILES string of the molecule is O=C(O[C@@H]1[C@@H](OC(=O)c2ccccc2)[C@@H](OC(=O)c2ccccc2)[C@H](O)[C@H](O)[C@H]1OC(=O)c1ccccc1)c1ccccc1. The molecule has 1 aliphatic rings. The van der Waals surface area contributed by atoms with Crippen molar-refractivity contribution in [1.82, 2.24) is 0 Å². The van der Waals surface area contributed by atoms with Crippen molar-refractivity contribution in [2.24, 2.45) is 0 Å². The molecule has 10 heteroatoms. The lowest BCUT2D eigenvalue weighted by Gasteiger charge is -2.45. The van der Waals surface area contributed by atoms with E-state index in [0.717, 1.165) is 0 Å². The van der Waals surface area contributed by atoms with Crippen molar-refractivity contribution in [2.75, 3.05) is 0 Å². The largest absolute Gasteiger partial charge is 0.452 e. The van der Waals surface area contributed by atoms with Crippen molar-refractivity contribution in [3.63, 3.8) is 0 Å². The Balaban J connectivity index is 1.55. The average Bonchev–Trinajstić information content (AvgIpc) is 3.08. The third-order valence-corrected chi connectivity index (χ3v) is 7.00. The zero-order valence-corrected chi connectivity index (χ0v) is 23.2. The molecule has 0 saturated heterocycles. The van der Waals surface area contributed by atoms with Crippen LogP contribution in [0.25, 0.3) is 0 Å². The van der Waals surface area contributed by atoms with Gasteiger partial charge in [-0.15, -0.1) is 0 Å². The van der Waals surface area contributed by atoms with Crippen LogP contribution in [0.3, 0.4) is 0 Å². The van der Waals surface area contributed by atoms with Crippen LogP contribution in [0.2, 0.25) is 0 Å². The number of benzene rings is 4. The summed E-state index contributed by atoms with van der Waals surface area (Å²) < 4.78 is 22.7. The fraction of sp³-hybridized carbons (Fsp3) is 0.176. The Morgan fingerprint density at radius 2 is 0.568 bits per heavy atom. The first kappa shape index (κ1) is 30.1. The van der Waals surface area contributed by atoms with Crippen LogP contribution in [0, 0.1) is 0 Å². The molecule has 0 spiro atoms. The standard InChI is InChI=1S/C34H28O10/c35-25-26(36)28(42-32(38)22-15-7-2-8-16-22)30(44-34(40)24-19-11-4-12-20-24)29(43-33(39)23-17-9-3-10-18-23)27(25)41-31(37)21-13-5-1-6-14-21/h1-20,25-30,35-36H/t25-,26+,27+,28-,29-,30-/m0/s1. The first-order valence-corrected chi connectivity index (χ1v) is 13.7. The molecule has 1 aliphatic carbocycles. The molecule has 5 rings (SSSR count). The van der Waals surface area contributed by atoms with Gasteiger partial charge >= 0.3 is 23.9 Å². The molecule has 44 heavy (non-hydrogen) atoms. The van der Waals surface area contributed by atoms with Crippen molar-refractivity contribution in [2.45, 2.75) is 36.6 Å². The van der Waals surface area contributed by atoms with Crippen LogP contribution < -0.4 is 0 Å². The summed E-state index contributed by atoms with van der Waals surface area (Å²) >= 11 is 0. The second-order valence-electron chi connectivity index (χ2n) is 9.92. The number of hydrogen-bond acceptors (Lipinski definition) is 10. The Bertz CT molecular complexity index is 1460. The molecule has 1 saturated carbocycles. The van der Waals surface area contributed by atoms with E-state index in [1.54, 1.807) is 72.8 Å². The highest BCUT2D eigenvalue weighted by atomic mass is 16.6. The first-order chi connectivity index (χ1) is 21.3. The summed E-state index contributed by atoms with van der Waals surface area (Å²) in [7, 11) is 0. The smallest absolute Gasteiger partial charge is 0.338 e. The van der Waals surface area contributed by atoms with E-state index in [0.29, 0.717) is 0 Å². The van der Waals surface area contributed by atoms with E-state index in [1.807, 2.05) is 0 Å². The molecule has 0 unspecified atom stereocenters. The van der Waals surface area contributed by atoms with Crippen LogP contribution in [0.15, 0.2) is 121 Å². The van der Waals surface area contributed by atoms with Gasteiger partial charge in [0.25, 0.3) is 0 Å². The molecule has 10 nitrogen and oxygen atoms in total. The summed E-state index contributed by atoms with van der Waals surface area (Å²) in [5.41, 5.74) is 0.426. The molecule has 0 aliphatic heterocycles. The molecule has 1 fully saturated rings. The minimum Gasteiger partial charge on any atom is -0.452 e. The fourth-order valence-electron chi connectivity index (χ4n) is 4.76. The summed E-state index contributed by atoms with van der Waals surface area (Å²) in [6.07, 6.45) is -10.8. The maximum Gasteiger partial charge on any atom is 0.338 e. The van der Waals surface area contributed by atoms with Crippen molar-refractivity contribution >= 4 is 23.9 Å². The van der Waals surface area contributed by atoms with E-state index in [4.69, 9.17) is 18.9 Å². The highest BCUT2D eigenvalue weighted by Crippen LogP contribution is 2.33. The lowest BCUT2D eigenvalue weighted by atomic mass is 9.84. The van der Waals surface area contributed by atoms with E-state index in [9.17, 15) is 29.4 Å². The van der Waals surface area contributed by atoms with Crippen LogP contribution in [0.1, 0.15) is 41.4 Å². The molecule has 0 radical (unpaired) electrons. The van der Waals surface area contributed by atoms with Gasteiger partial charge in [-0.3, -0.25) is 0 Å². The molecule has 0 amide bonds. The Kier molecular flexibility index (Phi) is 9.43. The summed E-state index contributed by atoms with van der Waals surface area (Å²) in [5, 5.41) is 22.5. The average molecular weight is 597 g/mol. The number of aliphatic hydroxyl groups excluding tert-OH is 2. The molecular formula is C34H28O10. The van der Waals surface area contributed by atoms with Crippen molar-refractivity contribution in [1.29, 1.82) is 0 Å². The third-order valence-electron chi connectivity index (χ3n) is 7.00. The van der Waals surface area contributed by atoms with Crippen LogP contribution in [-0.4, -0.2) is 70.7 Å². The van der Waals surface area contributed by atoms with Gasteiger partial charge in [0.05, 0.1) is 22.3 Å². The van der Waals surface area contributed by atoms with Gasteiger partial charge in [0, 0.05) is 0 Å². The highest BCUT2D eigenvalue weighted by Gasteiger charge is 2.57. The maximum atomic E-state index is 13.3. The lowest BCUT2D eigenvalue weighted by molar-refractivity contribution is -0.223. The molecule has 0 bridgehead atoms.